The SMILES string of the molecule is C[C@H](C(=O)N1CCc2c(nc[nH]c2=O)C1)n1cnc2ccccc21. The maximum absolute atomic E-state index is 12.9. The lowest BCUT2D eigenvalue weighted by molar-refractivity contribution is -0.135. The van der Waals surface area contributed by atoms with Gasteiger partial charge in [-0.05, 0) is 25.5 Å². The lowest BCUT2D eigenvalue weighted by Gasteiger charge is -2.30. The molecule has 0 radical (unpaired) electrons. The monoisotopic (exact) mass is 323 g/mol. The largest absolute Gasteiger partial charge is 0.335 e. The van der Waals surface area contributed by atoms with Crippen molar-refractivity contribution < 1.29 is 4.79 Å². The van der Waals surface area contributed by atoms with Gasteiger partial charge < -0.3 is 14.5 Å². The summed E-state index contributed by atoms with van der Waals surface area (Å²) in [6.07, 6.45) is 3.62. The summed E-state index contributed by atoms with van der Waals surface area (Å²) in [4.78, 5) is 37.6. The Balaban J connectivity index is 1.61. The second-order valence-electron chi connectivity index (χ2n) is 5.98. The Hall–Kier alpha value is -2.96. The molecule has 24 heavy (non-hydrogen) atoms. The molecule has 2 aromatic heterocycles. The highest BCUT2D eigenvalue weighted by molar-refractivity contribution is 5.83. The van der Waals surface area contributed by atoms with Gasteiger partial charge in [0.25, 0.3) is 5.56 Å². The highest BCUT2D eigenvalue weighted by Crippen LogP contribution is 2.21. The van der Waals surface area contributed by atoms with E-state index in [9.17, 15) is 9.59 Å². The van der Waals surface area contributed by atoms with Crippen molar-refractivity contribution in [2.45, 2.75) is 25.9 Å². The van der Waals surface area contributed by atoms with Crippen LogP contribution in [-0.2, 0) is 17.8 Å². The fourth-order valence-corrected chi connectivity index (χ4v) is 3.22. The number of imidazole rings is 1. The standard InChI is InChI=1S/C17H17N5O2/c1-11(22-10-20-13-4-2-3-5-15(13)22)17(24)21-7-6-12-14(8-21)18-9-19-16(12)23/h2-5,9-11H,6-8H2,1H3,(H,18,19,23)/t11-/m1/s1. The zero-order valence-corrected chi connectivity index (χ0v) is 13.3. The highest BCUT2D eigenvalue weighted by Gasteiger charge is 2.28. The number of para-hydroxylation sites is 2. The van der Waals surface area contributed by atoms with E-state index in [1.165, 1.54) is 6.33 Å². The molecule has 1 atom stereocenters. The second-order valence-corrected chi connectivity index (χ2v) is 5.98. The van der Waals surface area contributed by atoms with E-state index in [0.29, 0.717) is 30.8 Å². The summed E-state index contributed by atoms with van der Waals surface area (Å²) in [5.41, 5.74) is 3.06. The molecule has 122 valence electrons. The van der Waals surface area contributed by atoms with Crippen molar-refractivity contribution in [3.63, 3.8) is 0 Å². The van der Waals surface area contributed by atoms with E-state index < -0.39 is 0 Å². The van der Waals surface area contributed by atoms with Gasteiger partial charge in [0.2, 0.25) is 5.91 Å². The van der Waals surface area contributed by atoms with Crippen LogP contribution in [-0.4, -0.2) is 36.9 Å². The molecule has 0 spiro atoms. The van der Waals surface area contributed by atoms with Crippen LogP contribution in [0.3, 0.4) is 0 Å². The van der Waals surface area contributed by atoms with Crippen LogP contribution in [0.1, 0.15) is 24.2 Å². The molecule has 0 saturated heterocycles. The molecular formula is C17H17N5O2. The first-order chi connectivity index (χ1) is 11.6. The summed E-state index contributed by atoms with van der Waals surface area (Å²) in [6.45, 7) is 2.77. The number of amides is 1. The molecule has 4 rings (SSSR count). The molecule has 7 heteroatoms. The normalized spacial score (nSPS) is 15.3. The van der Waals surface area contributed by atoms with Crippen LogP contribution >= 0.6 is 0 Å². The number of aromatic amines is 1. The number of carbonyl (C=O) groups excluding carboxylic acids is 1. The van der Waals surface area contributed by atoms with Crippen LogP contribution < -0.4 is 5.56 Å². The molecule has 3 heterocycles. The molecule has 0 aliphatic carbocycles. The minimum atomic E-state index is -0.360. The molecule has 1 N–H and O–H groups in total. The average molecular weight is 323 g/mol. The van der Waals surface area contributed by atoms with Crippen molar-refractivity contribution in [1.29, 1.82) is 0 Å². The number of H-pyrrole nitrogens is 1. The lowest BCUT2D eigenvalue weighted by atomic mass is 10.1. The van der Waals surface area contributed by atoms with Crippen LogP contribution in [0.2, 0.25) is 0 Å². The van der Waals surface area contributed by atoms with Gasteiger partial charge in [0, 0.05) is 12.1 Å². The Morgan fingerprint density at radius 3 is 3.00 bits per heavy atom. The molecule has 0 fully saturated rings. The smallest absolute Gasteiger partial charge is 0.254 e. The molecule has 7 nitrogen and oxygen atoms in total. The van der Waals surface area contributed by atoms with Crippen LogP contribution in [0.5, 0.6) is 0 Å². The summed E-state index contributed by atoms with van der Waals surface area (Å²) >= 11 is 0. The third-order valence-corrected chi connectivity index (χ3v) is 4.58. The molecule has 3 aromatic rings. The van der Waals surface area contributed by atoms with E-state index in [1.807, 2.05) is 35.8 Å². The fourth-order valence-electron chi connectivity index (χ4n) is 3.22. The summed E-state index contributed by atoms with van der Waals surface area (Å²) in [5, 5.41) is 0. The van der Waals surface area contributed by atoms with Gasteiger partial charge in [-0.1, -0.05) is 12.1 Å². The number of nitrogens with zero attached hydrogens (tertiary/aromatic N) is 4. The van der Waals surface area contributed by atoms with Gasteiger partial charge in [-0.2, -0.15) is 0 Å². The molecule has 0 bridgehead atoms. The minimum absolute atomic E-state index is 0.00545. The molecule has 1 amide bonds. The van der Waals surface area contributed by atoms with Gasteiger partial charge in [0.1, 0.15) is 6.04 Å². The van der Waals surface area contributed by atoms with Crippen LogP contribution in [0, 0.1) is 0 Å². The summed E-state index contributed by atoms with van der Waals surface area (Å²) in [5.74, 6) is 0.00545. The third-order valence-electron chi connectivity index (χ3n) is 4.58. The number of carbonyl (C=O) groups is 1. The third kappa shape index (κ3) is 2.29. The van der Waals surface area contributed by atoms with Crippen molar-refractivity contribution in [1.82, 2.24) is 24.4 Å². The maximum atomic E-state index is 12.9. The Morgan fingerprint density at radius 2 is 2.12 bits per heavy atom. The van der Waals surface area contributed by atoms with E-state index in [-0.39, 0.29) is 17.5 Å². The topological polar surface area (TPSA) is 83.9 Å². The first-order valence-electron chi connectivity index (χ1n) is 7.91. The number of fused-ring (bicyclic) bond motifs is 2. The predicted molar refractivity (Wildman–Crippen MR) is 88.4 cm³/mol. The molecule has 1 aliphatic rings. The van der Waals surface area contributed by atoms with Gasteiger partial charge in [0.05, 0.1) is 35.9 Å². The Labute approximate surface area is 138 Å². The van der Waals surface area contributed by atoms with Gasteiger partial charge in [-0.15, -0.1) is 0 Å². The molecular weight excluding hydrogens is 306 g/mol. The number of aromatic nitrogens is 4. The molecule has 0 saturated carbocycles. The fraction of sp³-hybridized carbons (Fsp3) is 0.294. The predicted octanol–water partition coefficient (Wildman–Crippen LogP) is 1.27. The van der Waals surface area contributed by atoms with Gasteiger partial charge in [-0.25, -0.2) is 9.97 Å². The lowest BCUT2D eigenvalue weighted by Crippen LogP contribution is -2.41. The van der Waals surface area contributed by atoms with Gasteiger partial charge >= 0.3 is 0 Å². The first-order valence-corrected chi connectivity index (χ1v) is 7.91. The first kappa shape index (κ1) is 14.6. The Kier molecular flexibility index (Phi) is 3.41. The zero-order chi connectivity index (χ0) is 16.7. The van der Waals surface area contributed by atoms with Crippen molar-refractivity contribution in [3.8, 4) is 0 Å². The van der Waals surface area contributed by atoms with Crippen molar-refractivity contribution in [3.05, 3.63) is 58.5 Å². The van der Waals surface area contributed by atoms with Crippen LogP contribution in [0.15, 0.2) is 41.7 Å². The van der Waals surface area contributed by atoms with E-state index >= 15 is 0 Å². The summed E-state index contributed by atoms with van der Waals surface area (Å²) in [6, 6.07) is 7.39. The minimum Gasteiger partial charge on any atom is -0.335 e. The number of hydrogen-bond acceptors (Lipinski definition) is 4. The van der Waals surface area contributed by atoms with Gasteiger partial charge in [0.15, 0.2) is 0 Å². The van der Waals surface area contributed by atoms with Crippen molar-refractivity contribution in [2.24, 2.45) is 0 Å². The Morgan fingerprint density at radius 1 is 1.29 bits per heavy atom. The average Bonchev–Trinajstić information content (AvgIpc) is 3.04. The van der Waals surface area contributed by atoms with Gasteiger partial charge in [-0.3, -0.25) is 9.59 Å². The maximum Gasteiger partial charge on any atom is 0.254 e. The quantitative estimate of drug-likeness (QED) is 0.769. The summed E-state index contributed by atoms with van der Waals surface area (Å²) in [7, 11) is 0. The Bertz CT molecular complexity index is 974. The van der Waals surface area contributed by atoms with Crippen molar-refractivity contribution in [2.75, 3.05) is 6.54 Å². The molecule has 1 aromatic carbocycles. The molecule has 0 unspecified atom stereocenters. The highest BCUT2D eigenvalue weighted by atomic mass is 16.2. The van der Waals surface area contributed by atoms with E-state index in [4.69, 9.17) is 0 Å². The molecule has 1 aliphatic heterocycles. The number of nitrogens with one attached hydrogen (secondary N) is 1. The van der Waals surface area contributed by atoms with E-state index in [0.717, 1.165) is 11.0 Å². The van der Waals surface area contributed by atoms with Crippen LogP contribution in [0.4, 0.5) is 0 Å². The van der Waals surface area contributed by atoms with Crippen molar-refractivity contribution >= 4 is 16.9 Å². The zero-order valence-electron chi connectivity index (χ0n) is 13.3. The summed E-state index contributed by atoms with van der Waals surface area (Å²) < 4.78 is 1.89. The van der Waals surface area contributed by atoms with Crippen LogP contribution in [0.25, 0.3) is 11.0 Å². The second kappa shape index (κ2) is 5.59. The van der Waals surface area contributed by atoms with E-state index in [1.54, 1.807) is 11.2 Å². The number of rotatable bonds is 2. The van der Waals surface area contributed by atoms with E-state index in [2.05, 4.69) is 15.0 Å². The number of benzene rings is 1. The number of hydrogen-bond donors (Lipinski definition) is 1.